The number of hydrazone groups is 1. The number of carbonyl (C=O) groups is 1. The largest absolute Gasteiger partial charge is 0.291 e. The molecule has 0 bridgehead atoms. The van der Waals surface area contributed by atoms with E-state index in [1.54, 1.807) is 6.07 Å². The van der Waals surface area contributed by atoms with Gasteiger partial charge in [-0.15, -0.1) is 0 Å². The van der Waals surface area contributed by atoms with E-state index in [4.69, 9.17) is 0 Å². The first-order chi connectivity index (χ1) is 9.66. The van der Waals surface area contributed by atoms with E-state index >= 15 is 0 Å². The van der Waals surface area contributed by atoms with Gasteiger partial charge in [0.25, 0.3) is 11.6 Å². The van der Waals surface area contributed by atoms with E-state index in [0.717, 1.165) is 0 Å². The number of carbonyl (C=O) groups excluding carboxylic acids is 1. The van der Waals surface area contributed by atoms with Crippen LogP contribution in [0.3, 0.4) is 0 Å². The van der Waals surface area contributed by atoms with Gasteiger partial charge in [0, 0.05) is 30.1 Å². The van der Waals surface area contributed by atoms with Gasteiger partial charge in [-0.25, -0.2) is 10.4 Å². The van der Waals surface area contributed by atoms with Crippen molar-refractivity contribution in [1.29, 1.82) is 0 Å². The van der Waals surface area contributed by atoms with Crippen LogP contribution in [0.5, 0.6) is 0 Å². The van der Waals surface area contributed by atoms with Gasteiger partial charge in [-0.05, 0) is 0 Å². The number of nitro benzene ring substituents is 1. The molecule has 0 atom stereocenters. The fraction of sp³-hybridized carbons (Fsp3) is 0. The zero-order chi connectivity index (χ0) is 14.4. The lowest BCUT2D eigenvalue weighted by Crippen LogP contribution is -2.19. The molecule has 1 heterocycles. The van der Waals surface area contributed by atoms with Gasteiger partial charge in [-0.2, -0.15) is 5.10 Å². The number of rotatable bonds is 4. The molecule has 2 aromatic rings. The highest BCUT2D eigenvalue weighted by molar-refractivity contribution is 5.92. The topological polar surface area (TPSA) is 110 Å². The number of hydrogen-bond donors (Lipinski definition) is 1. The van der Waals surface area contributed by atoms with Crippen LogP contribution in [0.25, 0.3) is 0 Å². The zero-order valence-electron chi connectivity index (χ0n) is 10.1. The summed E-state index contributed by atoms with van der Waals surface area (Å²) in [5.41, 5.74) is 2.83. The molecular formula is C12H9N5O3. The maximum absolute atomic E-state index is 11.6. The van der Waals surface area contributed by atoms with Crippen LogP contribution in [0.15, 0.2) is 48.0 Å². The van der Waals surface area contributed by atoms with Gasteiger partial charge >= 0.3 is 0 Å². The minimum absolute atomic E-state index is 0.0470. The Hall–Kier alpha value is -3.16. The van der Waals surface area contributed by atoms with Crippen LogP contribution in [0.2, 0.25) is 0 Å². The molecule has 1 N–H and O–H groups in total. The third-order valence-electron chi connectivity index (χ3n) is 2.26. The maximum Gasteiger partial charge on any atom is 0.291 e. The molecule has 2 rings (SSSR count). The van der Waals surface area contributed by atoms with Crippen molar-refractivity contribution in [3.63, 3.8) is 0 Å². The molecule has 8 heteroatoms. The van der Waals surface area contributed by atoms with Crippen molar-refractivity contribution in [3.05, 3.63) is 64.2 Å². The molecule has 0 saturated carbocycles. The van der Waals surface area contributed by atoms with Gasteiger partial charge < -0.3 is 0 Å². The predicted molar refractivity (Wildman–Crippen MR) is 70.2 cm³/mol. The van der Waals surface area contributed by atoms with Crippen LogP contribution in [-0.2, 0) is 0 Å². The fourth-order valence-corrected chi connectivity index (χ4v) is 1.36. The molecule has 1 amide bonds. The van der Waals surface area contributed by atoms with E-state index in [1.807, 2.05) is 0 Å². The van der Waals surface area contributed by atoms with Crippen molar-refractivity contribution in [3.8, 4) is 0 Å². The summed E-state index contributed by atoms with van der Waals surface area (Å²) >= 11 is 0. The molecule has 0 aliphatic rings. The summed E-state index contributed by atoms with van der Waals surface area (Å²) < 4.78 is 0. The van der Waals surface area contributed by atoms with Gasteiger partial charge in [0.15, 0.2) is 0 Å². The van der Waals surface area contributed by atoms with E-state index in [1.165, 1.54) is 43.0 Å². The lowest BCUT2D eigenvalue weighted by atomic mass is 10.2. The lowest BCUT2D eigenvalue weighted by Gasteiger charge is -1.97. The number of nitrogens with zero attached hydrogens (tertiary/aromatic N) is 4. The van der Waals surface area contributed by atoms with Gasteiger partial charge in [0.05, 0.1) is 17.3 Å². The Morgan fingerprint density at radius 3 is 2.95 bits per heavy atom. The van der Waals surface area contributed by atoms with Crippen molar-refractivity contribution >= 4 is 17.8 Å². The molecule has 1 aromatic carbocycles. The van der Waals surface area contributed by atoms with Crippen molar-refractivity contribution in [2.24, 2.45) is 5.10 Å². The van der Waals surface area contributed by atoms with Crippen molar-refractivity contribution < 1.29 is 9.72 Å². The Balaban J connectivity index is 2.02. The summed E-state index contributed by atoms with van der Waals surface area (Å²) in [5, 5.41) is 14.3. The molecule has 0 aliphatic heterocycles. The summed E-state index contributed by atoms with van der Waals surface area (Å²) in [6.07, 6.45) is 5.45. The van der Waals surface area contributed by atoms with Crippen LogP contribution >= 0.6 is 0 Å². The molecule has 1 aromatic heterocycles. The number of benzene rings is 1. The zero-order valence-corrected chi connectivity index (χ0v) is 10.1. The van der Waals surface area contributed by atoms with E-state index in [-0.39, 0.29) is 11.4 Å². The molecule has 20 heavy (non-hydrogen) atoms. The average molecular weight is 271 g/mol. The first-order valence-corrected chi connectivity index (χ1v) is 5.50. The van der Waals surface area contributed by atoms with E-state index in [9.17, 15) is 14.9 Å². The highest BCUT2D eigenvalue weighted by atomic mass is 16.6. The first-order valence-electron chi connectivity index (χ1n) is 5.50. The Kier molecular flexibility index (Phi) is 4.07. The van der Waals surface area contributed by atoms with E-state index in [2.05, 4.69) is 20.5 Å². The summed E-state index contributed by atoms with van der Waals surface area (Å²) in [5.74, 6) is -0.514. The Bertz CT molecular complexity index is 657. The lowest BCUT2D eigenvalue weighted by molar-refractivity contribution is -0.384. The minimum Gasteiger partial charge on any atom is -0.265 e. The van der Waals surface area contributed by atoms with Gasteiger partial charge in [-0.3, -0.25) is 19.9 Å². The smallest absolute Gasteiger partial charge is 0.265 e. The number of amides is 1. The van der Waals surface area contributed by atoms with Gasteiger partial charge in [0.1, 0.15) is 5.69 Å². The maximum atomic E-state index is 11.6. The fourth-order valence-electron chi connectivity index (χ4n) is 1.36. The number of non-ortho nitro benzene ring substituents is 1. The quantitative estimate of drug-likeness (QED) is 0.509. The number of nitro groups is 1. The standard InChI is InChI=1S/C12H9N5O3/c18-12(11-8-13-4-5-14-11)16-15-7-9-2-1-3-10(6-9)17(19)20/h1-8H,(H,16,18)/b15-7-. The van der Waals surface area contributed by atoms with Crippen LogP contribution in [0.1, 0.15) is 16.1 Å². The van der Waals surface area contributed by atoms with Crippen molar-refractivity contribution in [2.45, 2.75) is 0 Å². The SMILES string of the molecule is O=C(N/N=C\c1cccc([N+](=O)[O-])c1)c1cnccn1. The van der Waals surface area contributed by atoms with Crippen LogP contribution in [0.4, 0.5) is 5.69 Å². The number of nitrogens with one attached hydrogen (secondary N) is 1. The second-order valence-corrected chi connectivity index (χ2v) is 3.64. The number of aromatic nitrogens is 2. The monoisotopic (exact) mass is 271 g/mol. The Morgan fingerprint density at radius 2 is 2.25 bits per heavy atom. The second kappa shape index (κ2) is 6.14. The average Bonchev–Trinajstić information content (AvgIpc) is 2.48. The highest BCUT2D eigenvalue weighted by Gasteiger charge is 2.06. The summed E-state index contributed by atoms with van der Waals surface area (Å²) in [6.45, 7) is 0. The normalized spacial score (nSPS) is 10.4. The van der Waals surface area contributed by atoms with Crippen molar-refractivity contribution in [1.82, 2.24) is 15.4 Å². The predicted octanol–water partition coefficient (Wildman–Crippen LogP) is 1.15. The number of hydrogen-bond acceptors (Lipinski definition) is 6. The van der Waals surface area contributed by atoms with E-state index < -0.39 is 10.8 Å². The summed E-state index contributed by atoms with van der Waals surface area (Å²) in [7, 11) is 0. The molecule has 0 spiro atoms. The van der Waals surface area contributed by atoms with Gasteiger partial charge in [-0.1, -0.05) is 12.1 Å². The molecule has 8 nitrogen and oxygen atoms in total. The minimum atomic E-state index is -0.514. The summed E-state index contributed by atoms with van der Waals surface area (Å²) in [4.78, 5) is 29.2. The first kappa shape index (κ1) is 13.3. The molecule has 0 saturated heterocycles. The Labute approximate surface area is 113 Å². The molecule has 0 radical (unpaired) electrons. The van der Waals surface area contributed by atoms with Crippen LogP contribution < -0.4 is 5.43 Å². The highest BCUT2D eigenvalue weighted by Crippen LogP contribution is 2.11. The third-order valence-corrected chi connectivity index (χ3v) is 2.26. The van der Waals surface area contributed by atoms with Crippen LogP contribution in [-0.4, -0.2) is 27.0 Å². The van der Waals surface area contributed by atoms with Gasteiger partial charge in [0.2, 0.25) is 0 Å². The second-order valence-electron chi connectivity index (χ2n) is 3.64. The Morgan fingerprint density at radius 1 is 1.40 bits per heavy atom. The molecule has 0 unspecified atom stereocenters. The molecule has 0 aliphatic carbocycles. The van der Waals surface area contributed by atoms with E-state index in [0.29, 0.717) is 5.56 Å². The van der Waals surface area contributed by atoms with Crippen molar-refractivity contribution in [2.75, 3.05) is 0 Å². The third kappa shape index (κ3) is 3.42. The molecular weight excluding hydrogens is 262 g/mol. The molecule has 100 valence electrons. The summed E-state index contributed by atoms with van der Waals surface area (Å²) in [6, 6.07) is 5.88. The van der Waals surface area contributed by atoms with Crippen LogP contribution in [0, 0.1) is 10.1 Å². The molecule has 0 fully saturated rings.